The van der Waals surface area contributed by atoms with Crippen molar-refractivity contribution in [3.63, 3.8) is 0 Å². The number of pyridine rings is 1. The Morgan fingerprint density at radius 3 is 2.70 bits per heavy atom. The molecular weight excluding hydrogens is 391 g/mol. The molecule has 0 saturated carbocycles. The summed E-state index contributed by atoms with van der Waals surface area (Å²) in [5, 5.41) is 20.7. The Bertz CT molecular complexity index is 1150. The largest absolute Gasteiger partial charge is 0.492 e. The van der Waals surface area contributed by atoms with Crippen LogP contribution in [0.15, 0.2) is 12.3 Å². The quantitative estimate of drug-likeness (QED) is 0.552. The molecule has 0 spiro atoms. The molecule has 3 N–H and O–H groups in total. The number of nitrogens with one attached hydrogen (secondary N) is 1. The predicted octanol–water partition coefficient (Wildman–Crippen LogP) is 0.880. The normalized spacial score (nSPS) is 21.8. The standard InChI is InChI=1S/C20H24BF2N5O2/c1-26(2)13-6-12(22)17(23)15-16-19(28-5-4-10-8-27(3)9-14(10)28)11(21(29)30)7-24-20(16)25-18(13)15/h6-7,10,14,29-30H,4-5,8-9H2,1-3H3,(H,24,25). The summed E-state index contributed by atoms with van der Waals surface area (Å²) in [6.07, 6.45) is 2.37. The number of H-pyrrole nitrogens is 1. The van der Waals surface area contributed by atoms with Crippen molar-refractivity contribution in [3.8, 4) is 0 Å². The molecule has 10 heteroatoms. The minimum atomic E-state index is -1.77. The number of hydrogen-bond donors (Lipinski definition) is 3. The number of fused-ring (bicyclic) bond motifs is 4. The molecule has 2 saturated heterocycles. The second-order valence-corrected chi connectivity index (χ2v) is 8.65. The lowest BCUT2D eigenvalue weighted by molar-refractivity contribution is 0.386. The van der Waals surface area contributed by atoms with Crippen LogP contribution >= 0.6 is 0 Å². The molecule has 2 atom stereocenters. The molecule has 3 aromatic rings. The summed E-state index contributed by atoms with van der Waals surface area (Å²) in [7, 11) is 3.80. The highest BCUT2D eigenvalue weighted by atomic mass is 19.2. The minimum absolute atomic E-state index is 0.0912. The Labute approximate surface area is 173 Å². The van der Waals surface area contributed by atoms with Gasteiger partial charge in [0.05, 0.1) is 27.7 Å². The molecule has 1 aromatic carbocycles. The fourth-order valence-electron chi connectivity index (χ4n) is 5.24. The highest BCUT2D eigenvalue weighted by Gasteiger charge is 2.42. The summed E-state index contributed by atoms with van der Waals surface area (Å²) in [5.41, 5.74) is 2.06. The number of aromatic amines is 1. The Morgan fingerprint density at radius 1 is 1.23 bits per heavy atom. The monoisotopic (exact) mass is 415 g/mol. The Hall–Kier alpha value is -2.43. The molecule has 30 heavy (non-hydrogen) atoms. The van der Waals surface area contributed by atoms with Crippen LogP contribution in [0.25, 0.3) is 21.9 Å². The number of aromatic nitrogens is 2. The first-order chi connectivity index (χ1) is 14.3. The van der Waals surface area contributed by atoms with Crippen LogP contribution in [-0.2, 0) is 0 Å². The molecule has 0 aliphatic carbocycles. The van der Waals surface area contributed by atoms with Crippen LogP contribution in [0.1, 0.15) is 6.42 Å². The zero-order chi connectivity index (χ0) is 21.3. The van der Waals surface area contributed by atoms with Gasteiger partial charge in [0.25, 0.3) is 0 Å². The third kappa shape index (κ3) is 2.70. The number of hydrogen-bond acceptors (Lipinski definition) is 6. The van der Waals surface area contributed by atoms with Gasteiger partial charge in [0.15, 0.2) is 11.6 Å². The van der Waals surface area contributed by atoms with Gasteiger partial charge in [-0.05, 0) is 19.4 Å². The van der Waals surface area contributed by atoms with E-state index in [1.807, 2.05) is 0 Å². The average molecular weight is 415 g/mol. The summed E-state index contributed by atoms with van der Waals surface area (Å²) in [5.74, 6) is -1.47. The molecule has 0 bridgehead atoms. The zero-order valence-corrected chi connectivity index (χ0v) is 17.2. The van der Waals surface area contributed by atoms with Gasteiger partial charge < -0.3 is 29.7 Å². The summed E-state index contributed by atoms with van der Waals surface area (Å²) < 4.78 is 29.7. The third-order valence-corrected chi connectivity index (χ3v) is 6.55. The summed E-state index contributed by atoms with van der Waals surface area (Å²) in [6.45, 7) is 2.51. The average Bonchev–Trinajstić information content (AvgIpc) is 3.35. The van der Waals surface area contributed by atoms with Crippen molar-refractivity contribution >= 4 is 45.9 Å². The van der Waals surface area contributed by atoms with Gasteiger partial charge in [-0.15, -0.1) is 0 Å². The van der Waals surface area contributed by atoms with Gasteiger partial charge in [0, 0.05) is 57.5 Å². The maximum absolute atomic E-state index is 15.1. The molecule has 5 rings (SSSR count). The van der Waals surface area contributed by atoms with Gasteiger partial charge >= 0.3 is 7.12 Å². The number of benzene rings is 1. The van der Waals surface area contributed by atoms with E-state index in [4.69, 9.17) is 0 Å². The number of likely N-dealkylation sites (N-methyl/N-ethyl adjacent to an activating group) is 1. The van der Waals surface area contributed by atoms with E-state index < -0.39 is 18.8 Å². The van der Waals surface area contributed by atoms with E-state index in [1.165, 1.54) is 6.20 Å². The van der Waals surface area contributed by atoms with Crippen LogP contribution in [0, 0.1) is 17.6 Å². The van der Waals surface area contributed by atoms with Crippen LogP contribution in [0.5, 0.6) is 0 Å². The molecule has 2 aliphatic heterocycles. The Balaban J connectivity index is 1.86. The van der Waals surface area contributed by atoms with E-state index in [0.29, 0.717) is 40.4 Å². The zero-order valence-electron chi connectivity index (χ0n) is 17.2. The molecular formula is C20H24BF2N5O2. The summed E-state index contributed by atoms with van der Waals surface area (Å²) >= 11 is 0. The van der Waals surface area contributed by atoms with Gasteiger partial charge in [-0.25, -0.2) is 13.8 Å². The van der Waals surface area contributed by atoms with E-state index in [-0.39, 0.29) is 16.9 Å². The Kier molecular flexibility index (Phi) is 4.42. The topological polar surface area (TPSA) is 78.9 Å². The van der Waals surface area contributed by atoms with Crippen LogP contribution in [0.3, 0.4) is 0 Å². The molecule has 2 aromatic heterocycles. The lowest BCUT2D eigenvalue weighted by atomic mass is 9.79. The van der Waals surface area contributed by atoms with Gasteiger partial charge in [-0.2, -0.15) is 0 Å². The van der Waals surface area contributed by atoms with E-state index >= 15 is 4.39 Å². The first-order valence-corrected chi connectivity index (χ1v) is 10.1. The van der Waals surface area contributed by atoms with Crippen molar-refractivity contribution in [2.45, 2.75) is 12.5 Å². The molecule has 2 fully saturated rings. The van der Waals surface area contributed by atoms with Crippen molar-refractivity contribution < 1.29 is 18.8 Å². The van der Waals surface area contributed by atoms with Crippen LogP contribution in [-0.4, -0.2) is 78.9 Å². The van der Waals surface area contributed by atoms with Gasteiger partial charge in [0.1, 0.15) is 5.65 Å². The van der Waals surface area contributed by atoms with Crippen molar-refractivity contribution in [1.82, 2.24) is 14.9 Å². The van der Waals surface area contributed by atoms with Crippen molar-refractivity contribution in [2.75, 3.05) is 50.6 Å². The maximum atomic E-state index is 15.1. The molecule has 7 nitrogen and oxygen atoms in total. The fourth-order valence-corrected chi connectivity index (χ4v) is 5.24. The summed E-state index contributed by atoms with van der Waals surface area (Å²) in [6, 6.07) is 1.33. The van der Waals surface area contributed by atoms with Crippen molar-refractivity contribution in [2.24, 2.45) is 5.92 Å². The van der Waals surface area contributed by atoms with Crippen LogP contribution in [0.2, 0.25) is 0 Å². The lowest BCUT2D eigenvalue weighted by Crippen LogP contribution is -2.42. The number of halogens is 2. The van der Waals surface area contributed by atoms with Crippen molar-refractivity contribution in [3.05, 3.63) is 23.9 Å². The Morgan fingerprint density at radius 2 is 2.00 bits per heavy atom. The minimum Gasteiger partial charge on any atom is -0.423 e. The summed E-state index contributed by atoms with van der Waals surface area (Å²) in [4.78, 5) is 13.5. The van der Waals surface area contributed by atoms with Crippen LogP contribution < -0.4 is 15.3 Å². The molecule has 0 amide bonds. The van der Waals surface area contributed by atoms with Gasteiger partial charge in [-0.3, -0.25) is 0 Å². The lowest BCUT2D eigenvalue weighted by Gasteiger charge is -2.29. The SMILES string of the molecule is CN1CC2CCN(c3c(B(O)O)cnc4[nH]c5c(N(C)C)cc(F)c(F)c5c34)C2C1. The smallest absolute Gasteiger partial charge is 0.423 e. The molecule has 2 unspecified atom stereocenters. The molecule has 0 radical (unpaired) electrons. The molecule has 4 heterocycles. The first kappa shape index (κ1) is 19.5. The maximum Gasteiger partial charge on any atom is 0.492 e. The van der Waals surface area contributed by atoms with E-state index in [9.17, 15) is 14.4 Å². The number of anilines is 2. The predicted molar refractivity (Wildman–Crippen MR) is 114 cm³/mol. The molecule has 2 aliphatic rings. The third-order valence-electron chi connectivity index (χ3n) is 6.55. The van der Waals surface area contributed by atoms with E-state index in [1.54, 1.807) is 19.0 Å². The number of nitrogens with zero attached hydrogens (tertiary/aromatic N) is 4. The van der Waals surface area contributed by atoms with Gasteiger partial charge in [-0.1, -0.05) is 0 Å². The highest BCUT2D eigenvalue weighted by Crippen LogP contribution is 2.42. The van der Waals surface area contributed by atoms with E-state index in [0.717, 1.165) is 25.6 Å². The number of rotatable bonds is 3. The molecule has 158 valence electrons. The highest BCUT2D eigenvalue weighted by molar-refractivity contribution is 6.61. The van der Waals surface area contributed by atoms with Crippen LogP contribution in [0.4, 0.5) is 20.2 Å². The fraction of sp³-hybridized carbons (Fsp3) is 0.450. The first-order valence-electron chi connectivity index (χ1n) is 10.1. The number of likely N-dealkylation sites (tertiary alicyclic amines) is 1. The van der Waals surface area contributed by atoms with Gasteiger partial charge in [0.2, 0.25) is 0 Å². The second-order valence-electron chi connectivity index (χ2n) is 8.65. The van der Waals surface area contributed by atoms with Crippen molar-refractivity contribution in [1.29, 1.82) is 0 Å². The van der Waals surface area contributed by atoms with E-state index in [2.05, 4.69) is 26.8 Å². The second kappa shape index (κ2) is 6.80.